The van der Waals surface area contributed by atoms with Crippen LogP contribution in [-0.2, 0) is 11.3 Å². The highest BCUT2D eigenvalue weighted by atomic mass is 16.5. The molecule has 2 atom stereocenters. The van der Waals surface area contributed by atoms with Crippen LogP contribution in [0.1, 0.15) is 19.4 Å². The van der Waals surface area contributed by atoms with Crippen LogP contribution >= 0.6 is 0 Å². The number of rotatable bonds is 4. The number of ether oxygens (including phenoxy) is 1. The summed E-state index contributed by atoms with van der Waals surface area (Å²) in [4.78, 5) is 4.62. The number of anilines is 1. The fourth-order valence-electron chi connectivity index (χ4n) is 3.47. The van der Waals surface area contributed by atoms with E-state index in [0.29, 0.717) is 0 Å². The second kappa shape index (κ2) is 7.37. The zero-order chi connectivity index (χ0) is 17.1. The Morgan fingerprint density at radius 1 is 0.958 bits per heavy atom. The van der Waals surface area contributed by atoms with Gasteiger partial charge < -0.3 is 14.5 Å². The lowest BCUT2D eigenvalue weighted by atomic mass is 10.0. The van der Waals surface area contributed by atoms with E-state index in [1.54, 1.807) is 0 Å². The molecule has 0 spiro atoms. The summed E-state index contributed by atoms with van der Waals surface area (Å²) in [5, 5.41) is 0. The Morgan fingerprint density at radius 2 is 1.62 bits per heavy atom. The van der Waals surface area contributed by atoms with Gasteiger partial charge in [0, 0.05) is 25.3 Å². The maximum atomic E-state index is 5.83. The van der Waals surface area contributed by atoms with Crippen LogP contribution in [0.4, 0.5) is 5.69 Å². The molecule has 0 N–H and O–H groups in total. The van der Waals surface area contributed by atoms with Gasteiger partial charge in [-0.05, 0) is 62.8 Å². The van der Waals surface area contributed by atoms with Gasteiger partial charge in [0.1, 0.15) is 0 Å². The van der Waals surface area contributed by atoms with Crippen molar-refractivity contribution in [1.29, 1.82) is 0 Å². The number of hydrogen-bond acceptors (Lipinski definition) is 3. The van der Waals surface area contributed by atoms with E-state index in [1.165, 1.54) is 22.4 Å². The molecular weight excluding hydrogens is 296 g/mol. The van der Waals surface area contributed by atoms with Crippen molar-refractivity contribution >= 4 is 5.69 Å². The third kappa shape index (κ3) is 4.16. The molecule has 1 heterocycles. The van der Waals surface area contributed by atoms with Crippen molar-refractivity contribution in [2.24, 2.45) is 0 Å². The largest absolute Gasteiger partial charge is 0.372 e. The van der Waals surface area contributed by atoms with Crippen molar-refractivity contribution in [2.45, 2.75) is 32.6 Å². The second-order valence-corrected chi connectivity index (χ2v) is 7.15. The predicted octanol–water partition coefficient (Wildman–Crippen LogP) is 4.03. The molecule has 0 amide bonds. The van der Waals surface area contributed by atoms with Gasteiger partial charge in [0.05, 0.1) is 12.2 Å². The van der Waals surface area contributed by atoms with Gasteiger partial charge in [0.25, 0.3) is 0 Å². The minimum absolute atomic E-state index is 0.288. The van der Waals surface area contributed by atoms with Crippen molar-refractivity contribution < 1.29 is 4.74 Å². The molecule has 3 heteroatoms. The van der Waals surface area contributed by atoms with Crippen LogP contribution in [0.2, 0.25) is 0 Å². The maximum Gasteiger partial charge on any atom is 0.0726 e. The molecule has 128 valence electrons. The Kier molecular flexibility index (Phi) is 5.22. The summed E-state index contributed by atoms with van der Waals surface area (Å²) in [7, 11) is 4.21. The van der Waals surface area contributed by atoms with Gasteiger partial charge in [-0.15, -0.1) is 0 Å². The van der Waals surface area contributed by atoms with Crippen LogP contribution in [0.15, 0.2) is 48.5 Å². The van der Waals surface area contributed by atoms with Crippen molar-refractivity contribution in [2.75, 3.05) is 32.1 Å². The van der Waals surface area contributed by atoms with Crippen molar-refractivity contribution in [3.8, 4) is 11.1 Å². The molecule has 0 aliphatic carbocycles. The van der Waals surface area contributed by atoms with E-state index < -0.39 is 0 Å². The van der Waals surface area contributed by atoms with E-state index in [9.17, 15) is 0 Å². The average Bonchev–Trinajstić information content (AvgIpc) is 2.54. The third-order valence-corrected chi connectivity index (χ3v) is 4.41. The first kappa shape index (κ1) is 17.0. The van der Waals surface area contributed by atoms with E-state index in [-0.39, 0.29) is 12.2 Å². The van der Waals surface area contributed by atoms with E-state index in [4.69, 9.17) is 4.74 Å². The molecule has 2 aromatic carbocycles. The Bertz CT molecular complexity index is 656. The molecule has 0 bridgehead atoms. The van der Waals surface area contributed by atoms with Crippen LogP contribution in [-0.4, -0.2) is 44.3 Å². The SMILES string of the molecule is CC1CN(c2ccc(-c3cccc(CN(C)C)c3)cc2)CC(C)O1. The number of benzene rings is 2. The van der Waals surface area contributed by atoms with Gasteiger partial charge in [-0.25, -0.2) is 0 Å². The number of nitrogens with zero attached hydrogens (tertiary/aromatic N) is 2. The molecule has 1 aliphatic heterocycles. The fraction of sp³-hybridized carbons (Fsp3) is 0.429. The molecule has 3 nitrogen and oxygen atoms in total. The highest BCUT2D eigenvalue weighted by Gasteiger charge is 2.22. The minimum Gasteiger partial charge on any atom is -0.372 e. The second-order valence-electron chi connectivity index (χ2n) is 7.15. The van der Waals surface area contributed by atoms with E-state index >= 15 is 0 Å². The molecule has 0 radical (unpaired) electrons. The van der Waals surface area contributed by atoms with Gasteiger partial charge in [-0.3, -0.25) is 0 Å². The molecule has 24 heavy (non-hydrogen) atoms. The summed E-state index contributed by atoms with van der Waals surface area (Å²) in [6.45, 7) is 7.18. The highest BCUT2D eigenvalue weighted by Crippen LogP contribution is 2.26. The molecule has 2 unspecified atom stereocenters. The Balaban J connectivity index is 1.77. The summed E-state index contributed by atoms with van der Waals surface area (Å²) in [6, 6.07) is 17.7. The molecule has 1 fully saturated rings. The van der Waals surface area contributed by atoms with Gasteiger partial charge in [0.2, 0.25) is 0 Å². The molecular formula is C21H28N2O. The molecule has 2 aromatic rings. The van der Waals surface area contributed by atoms with Crippen molar-refractivity contribution in [1.82, 2.24) is 4.90 Å². The van der Waals surface area contributed by atoms with Crippen LogP contribution in [0, 0.1) is 0 Å². The lowest BCUT2D eigenvalue weighted by Crippen LogP contribution is -2.45. The smallest absolute Gasteiger partial charge is 0.0726 e. The Morgan fingerprint density at radius 3 is 2.25 bits per heavy atom. The van der Waals surface area contributed by atoms with Crippen LogP contribution < -0.4 is 4.90 Å². The van der Waals surface area contributed by atoms with E-state index in [0.717, 1.165) is 19.6 Å². The number of hydrogen-bond donors (Lipinski definition) is 0. The monoisotopic (exact) mass is 324 g/mol. The maximum absolute atomic E-state index is 5.83. The zero-order valence-electron chi connectivity index (χ0n) is 15.2. The van der Waals surface area contributed by atoms with E-state index in [1.807, 2.05) is 0 Å². The van der Waals surface area contributed by atoms with Crippen molar-refractivity contribution in [3.63, 3.8) is 0 Å². The highest BCUT2D eigenvalue weighted by molar-refractivity contribution is 5.67. The third-order valence-electron chi connectivity index (χ3n) is 4.41. The summed E-state index contributed by atoms with van der Waals surface area (Å²) >= 11 is 0. The van der Waals surface area contributed by atoms with Crippen LogP contribution in [0.3, 0.4) is 0 Å². The first-order valence-electron chi connectivity index (χ1n) is 8.76. The van der Waals surface area contributed by atoms with Gasteiger partial charge in [0.15, 0.2) is 0 Å². The Hall–Kier alpha value is -1.84. The molecule has 1 saturated heterocycles. The van der Waals surface area contributed by atoms with E-state index in [2.05, 4.69) is 86.3 Å². The first-order valence-corrected chi connectivity index (χ1v) is 8.76. The lowest BCUT2D eigenvalue weighted by molar-refractivity contribution is -0.00521. The first-order chi connectivity index (χ1) is 11.5. The van der Waals surface area contributed by atoms with Crippen LogP contribution in [0.25, 0.3) is 11.1 Å². The zero-order valence-corrected chi connectivity index (χ0v) is 15.2. The lowest BCUT2D eigenvalue weighted by Gasteiger charge is -2.36. The molecule has 3 rings (SSSR count). The quantitative estimate of drug-likeness (QED) is 0.844. The summed E-state index contributed by atoms with van der Waals surface area (Å²) in [6.07, 6.45) is 0.576. The summed E-state index contributed by atoms with van der Waals surface area (Å²) < 4.78 is 5.83. The predicted molar refractivity (Wildman–Crippen MR) is 101 cm³/mol. The average molecular weight is 324 g/mol. The van der Waals surface area contributed by atoms with Gasteiger partial charge in [-0.1, -0.05) is 30.3 Å². The van der Waals surface area contributed by atoms with Crippen molar-refractivity contribution in [3.05, 3.63) is 54.1 Å². The Labute approximate surface area is 145 Å². The van der Waals surface area contributed by atoms with Crippen LogP contribution in [0.5, 0.6) is 0 Å². The summed E-state index contributed by atoms with van der Waals surface area (Å²) in [5.74, 6) is 0. The van der Waals surface area contributed by atoms with Gasteiger partial charge >= 0.3 is 0 Å². The normalized spacial score (nSPS) is 21.3. The standard InChI is InChI=1S/C21H28N2O/c1-16-13-23(14-17(2)24-16)21-10-8-19(9-11-21)20-7-5-6-18(12-20)15-22(3)4/h5-12,16-17H,13-15H2,1-4H3. The fourth-order valence-corrected chi connectivity index (χ4v) is 3.47. The molecule has 0 saturated carbocycles. The summed E-state index contributed by atoms with van der Waals surface area (Å²) in [5.41, 5.74) is 5.18. The van der Waals surface area contributed by atoms with Gasteiger partial charge in [-0.2, -0.15) is 0 Å². The number of morpholine rings is 1. The molecule has 0 aromatic heterocycles. The minimum atomic E-state index is 0.288. The molecule has 1 aliphatic rings. The topological polar surface area (TPSA) is 15.7 Å².